The van der Waals surface area contributed by atoms with Crippen molar-refractivity contribution in [3.8, 4) is 0 Å². The van der Waals surface area contributed by atoms with Crippen molar-refractivity contribution in [1.29, 1.82) is 0 Å². The minimum atomic E-state index is 0.374. The molecule has 1 heterocycles. The van der Waals surface area contributed by atoms with Gasteiger partial charge in [0.1, 0.15) is 12.1 Å². The summed E-state index contributed by atoms with van der Waals surface area (Å²) in [6.07, 6.45) is 11.9. The van der Waals surface area contributed by atoms with E-state index in [1.807, 2.05) is 0 Å². The Bertz CT molecular complexity index is 595. The van der Waals surface area contributed by atoms with E-state index in [1.165, 1.54) is 61.7 Å². The molecule has 0 spiro atoms. The van der Waals surface area contributed by atoms with E-state index in [9.17, 15) is 0 Å². The minimum absolute atomic E-state index is 0.374. The van der Waals surface area contributed by atoms with Crippen LogP contribution in [0.2, 0.25) is 0 Å². The molecule has 126 valence electrons. The monoisotopic (exact) mass is 313 g/mol. The van der Waals surface area contributed by atoms with E-state index in [-0.39, 0.29) is 0 Å². The lowest BCUT2D eigenvalue weighted by atomic mass is 9.72. The van der Waals surface area contributed by atoms with Crippen LogP contribution in [-0.4, -0.2) is 16.0 Å². The first-order valence-electron chi connectivity index (χ1n) is 9.23. The average Bonchev–Trinajstić information content (AvgIpc) is 2.51. The highest BCUT2D eigenvalue weighted by Crippen LogP contribution is 2.44. The quantitative estimate of drug-likeness (QED) is 0.799. The molecule has 3 heteroatoms. The van der Waals surface area contributed by atoms with E-state index in [1.54, 1.807) is 6.33 Å². The van der Waals surface area contributed by atoms with Crippen molar-refractivity contribution in [2.24, 2.45) is 5.41 Å². The molecule has 1 N–H and O–H groups in total. The van der Waals surface area contributed by atoms with Crippen molar-refractivity contribution in [2.45, 2.75) is 85.1 Å². The third kappa shape index (κ3) is 3.76. The van der Waals surface area contributed by atoms with Crippen LogP contribution >= 0.6 is 0 Å². The Kier molecular flexibility index (Phi) is 4.74. The Balaban J connectivity index is 1.94. The van der Waals surface area contributed by atoms with Crippen LogP contribution in [0.4, 0.5) is 5.82 Å². The van der Waals surface area contributed by atoms with Crippen LogP contribution in [0.3, 0.4) is 0 Å². The summed E-state index contributed by atoms with van der Waals surface area (Å²) in [7, 11) is 0. The third-order valence-corrected chi connectivity index (χ3v) is 5.63. The predicted octanol–water partition coefficient (Wildman–Crippen LogP) is 5.51. The Morgan fingerprint density at radius 3 is 2.57 bits per heavy atom. The molecule has 23 heavy (non-hydrogen) atoms. The highest BCUT2D eigenvalue weighted by molar-refractivity contribution is 5.78. The Morgan fingerprint density at radius 1 is 1.09 bits per heavy atom. The van der Waals surface area contributed by atoms with Crippen LogP contribution in [0.25, 0.3) is 5.57 Å². The summed E-state index contributed by atoms with van der Waals surface area (Å²) >= 11 is 0. The second-order valence-electron chi connectivity index (χ2n) is 8.26. The van der Waals surface area contributed by atoms with Gasteiger partial charge in [0.05, 0.1) is 5.69 Å². The maximum atomic E-state index is 4.63. The zero-order valence-electron chi connectivity index (χ0n) is 15.2. The molecule has 3 nitrogen and oxygen atoms in total. The summed E-state index contributed by atoms with van der Waals surface area (Å²) in [5.41, 5.74) is 5.78. The number of allylic oxidation sites excluding steroid dienone is 2. The van der Waals surface area contributed by atoms with Crippen molar-refractivity contribution in [2.75, 3.05) is 5.32 Å². The number of hydrogen-bond donors (Lipinski definition) is 1. The molecule has 2 aliphatic rings. The van der Waals surface area contributed by atoms with E-state index in [4.69, 9.17) is 0 Å². The van der Waals surface area contributed by atoms with Crippen LogP contribution < -0.4 is 5.32 Å². The standard InChI is InChI=1S/C20H31N3/c1-14-10-11-20(3,4)12-17(14)18-15(2)21-13-22-19(18)23-16-8-6-5-7-9-16/h13,16H,5-12H2,1-4H3,(H,21,22,23). The molecule has 0 aromatic carbocycles. The molecular formula is C20H31N3. The number of aromatic nitrogens is 2. The Hall–Kier alpha value is -1.38. The molecule has 0 unspecified atom stereocenters. The number of nitrogens with zero attached hydrogens (tertiary/aromatic N) is 2. The lowest BCUT2D eigenvalue weighted by Gasteiger charge is -2.34. The third-order valence-electron chi connectivity index (χ3n) is 5.63. The van der Waals surface area contributed by atoms with Gasteiger partial charge in [-0.15, -0.1) is 0 Å². The number of aryl methyl sites for hydroxylation is 1. The van der Waals surface area contributed by atoms with Crippen molar-refractivity contribution in [3.05, 3.63) is 23.2 Å². The summed E-state index contributed by atoms with van der Waals surface area (Å²) in [5, 5.41) is 3.75. The zero-order valence-corrected chi connectivity index (χ0v) is 15.2. The van der Waals surface area contributed by atoms with Crippen molar-refractivity contribution < 1.29 is 0 Å². The smallest absolute Gasteiger partial charge is 0.137 e. The first kappa shape index (κ1) is 16.5. The van der Waals surface area contributed by atoms with Gasteiger partial charge >= 0.3 is 0 Å². The van der Waals surface area contributed by atoms with E-state index in [0.29, 0.717) is 11.5 Å². The molecule has 0 atom stereocenters. The molecule has 1 aromatic heterocycles. The normalized spacial score (nSPS) is 22.3. The van der Waals surface area contributed by atoms with Crippen molar-refractivity contribution >= 4 is 11.4 Å². The van der Waals surface area contributed by atoms with Gasteiger partial charge in [0.25, 0.3) is 0 Å². The fourth-order valence-electron chi connectivity index (χ4n) is 4.08. The van der Waals surface area contributed by atoms with Gasteiger partial charge in [0.15, 0.2) is 0 Å². The van der Waals surface area contributed by atoms with Crippen LogP contribution in [0.15, 0.2) is 11.9 Å². The van der Waals surface area contributed by atoms with E-state index >= 15 is 0 Å². The van der Waals surface area contributed by atoms with Crippen LogP contribution in [0.5, 0.6) is 0 Å². The summed E-state index contributed by atoms with van der Waals surface area (Å²) in [5.74, 6) is 1.07. The van der Waals surface area contributed by atoms with Gasteiger partial charge in [0.2, 0.25) is 0 Å². The number of anilines is 1. The maximum Gasteiger partial charge on any atom is 0.137 e. The predicted molar refractivity (Wildman–Crippen MR) is 97.5 cm³/mol. The van der Waals surface area contributed by atoms with Gasteiger partial charge in [-0.05, 0) is 56.9 Å². The largest absolute Gasteiger partial charge is 0.367 e. The first-order valence-corrected chi connectivity index (χ1v) is 9.23. The average molecular weight is 313 g/mol. The number of rotatable bonds is 3. The van der Waals surface area contributed by atoms with Gasteiger partial charge in [-0.1, -0.05) is 38.7 Å². The fourth-order valence-corrected chi connectivity index (χ4v) is 4.08. The molecule has 0 radical (unpaired) electrons. The molecule has 2 aliphatic carbocycles. The van der Waals surface area contributed by atoms with Crippen molar-refractivity contribution in [1.82, 2.24) is 9.97 Å². The molecule has 0 bridgehead atoms. The molecule has 0 saturated heterocycles. The van der Waals surface area contributed by atoms with Crippen LogP contribution in [0, 0.1) is 12.3 Å². The fraction of sp³-hybridized carbons (Fsp3) is 0.700. The molecule has 1 fully saturated rings. The molecular weight excluding hydrogens is 282 g/mol. The van der Waals surface area contributed by atoms with Crippen molar-refractivity contribution in [3.63, 3.8) is 0 Å². The summed E-state index contributed by atoms with van der Waals surface area (Å²) in [6.45, 7) is 9.19. The Labute approximate surface area is 141 Å². The molecule has 3 rings (SSSR count). The number of nitrogens with one attached hydrogen (secondary N) is 1. The van der Waals surface area contributed by atoms with Gasteiger partial charge in [-0.2, -0.15) is 0 Å². The highest BCUT2D eigenvalue weighted by Gasteiger charge is 2.29. The Morgan fingerprint density at radius 2 is 1.83 bits per heavy atom. The second kappa shape index (κ2) is 6.62. The molecule has 1 aromatic rings. The van der Waals surface area contributed by atoms with Gasteiger partial charge in [-0.25, -0.2) is 9.97 Å². The molecule has 1 saturated carbocycles. The SMILES string of the molecule is CC1=C(c2c(C)ncnc2NC2CCCCC2)CC(C)(C)CC1. The lowest BCUT2D eigenvalue weighted by molar-refractivity contribution is 0.332. The maximum absolute atomic E-state index is 4.63. The van der Waals surface area contributed by atoms with E-state index in [0.717, 1.165) is 17.9 Å². The lowest BCUT2D eigenvalue weighted by Crippen LogP contribution is -2.25. The topological polar surface area (TPSA) is 37.8 Å². The van der Waals surface area contributed by atoms with Gasteiger partial charge in [-0.3, -0.25) is 0 Å². The number of hydrogen-bond acceptors (Lipinski definition) is 3. The summed E-state index contributed by atoms with van der Waals surface area (Å²) in [6, 6.07) is 0.578. The molecule has 0 amide bonds. The second-order valence-corrected chi connectivity index (χ2v) is 8.26. The van der Waals surface area contributed by atoms with E-state index < -0.39 is 0 Å². The van der Waals surface area contributed by atoms with Gasteiger partial charge in [0, 0.05) is 11.6 Å². The van der Waals surface area contributed by atoms with Crippen LogP contribution in [0.1, 0.15) is 83.4 Å². The van der Waals surface area contributed by atoms with Crippen LogP contribution in [-0.2, 0) is 0 Å². The van der Waals surface area contributed by atoms with Gasteiger partial charge < -0.3 is 5.32 Å². The minimum Gasteiger partial charge on any atom is -0.367 e. The zero-order chi connectivity index (χ0) is 16.4. The summed E-state index contributed by atoms with van der Waals surface area (Å²) in [4.78, 5) is 9.14. The first-order chi connectivity index (χ1) is 11.0. The molecule has 0 aliphatic heterocycles. The highest BCUT2D eigenvalue weighted by atomic mass is 15.0. The van der Waals surface area contributed by atoms with E-state index in [2.05, 4.69) is 43.0 Å². The summed E-state index contributed by atoms with van der Waals surface area (Å²) < 4.78 is 0.